The van der Waals surface area contributed by atoms with Crippen LogP contribution < -0.4 is 26.7 Å². The smallest absolute Gasteiger partial charge is 0.251 e. The van der Waals surface area contributed by atoms with Gasteiger partial charge in [-0.25, -0.2) is 4.98 Å². The molecule has 11 heteroatoms. The fourth-order valence-corrected chi connectivity index (χ4v) is 5.16. The molecule has 3 aromatic rings. The van der Waals surface area contributed by atoms with Gasteiger partial charge in [0.1, 0.15) is 11.6 Å². The zero-order valence-corrected chi connectivity index (χ0v) is 20.2. The average Bonchev–Trinajstić information content (AvgIpc) is 2.88. The zero-order chi connectivity index (χ0) is 24.4. The van der Waals surface area contributed by atoms with Gasteiger partial charge in [-0.3, -0.25) is 14.6 Å². The quantitative estimate of drug-likeness (QED) is 0.445. The number of thioether (sulfide) groups is 1. The Kier molecular flexibility index (Phi) is 7.00. The summed E-state index contributed by atoms with van der Waals surface area (Å²) < 4.78 is 13.0. The SMILES string of the molecule is COc1cnc2ccc(=O)n(C[C@H](N)[C@@H]3CC[C@@H](NCc4ccc5c(n4)NC(=O)CS5)CO3)c2c1. The van der Waals surface area contributed by atoms with Crippen LogP contribution >= 0.6 is 11.8 Å². The van der Waals surface area contributed by atoms with Gasteiger partial charge in [0, 0.05) is 37.3 Å². The highest BCUT2D eigenvalue weighted by molar-refractivity contribution is 8.00. The number of hydrogen-bond donors (Lipinski definition) is 3. The Hall–Kier alpha value is -2.99. The van der Waals surface area contributed by atoms with Gasteiger partial charge >= 0.3 is 0 Å². The summed E-state index contributed by atoms with van der Waals surface area (Å²) in [4.78, 5) is 34.1. The Balaban J connectivity index is 1.17. The summed E-state index contributed by atoms with van der Waals surface area (Å²) in [5, 5.41) is 6.31. The van der Waals surface area contributed by atoms with Crippen LogP contribution in [0, 0.1) is 0 Å². The molecule has 0 radical (unpaired) electrons. The monoisotopic (exact) mass is 496 g/mol. The number of methoxy groups -OCH3 is 1. The van der Waals surface area contributed by atoms with E-state index in [4.69, 9.17) is 15.2 Å². The van der Waals surface area contributed by atoms with E-state index in [0.717, 1.165) is 23.4 Å². The van der Waals surface area contributed by atoms with Crippen molar-refractivity contribution in [3.63, 3.8) is 0 Å². The van der Waals surface area contributed by atoms with E-state index in [-0.39, 0.29) is 29.7 Å². The summed E-state index contributed by atoms with van der Waals surface area (Å²) in [6, 6.07) is 8.83. The molecule has 2 aliphatic heterocycles. The van der Waals surface area contributed by atoms with Gasteiger partial charge in [-0.1, -0.05) is 0 Å². The maximum atomic E-state index is 12.6. The van der Waals surface area contributed by atoms with E-state index < -0.39 is 0 Å². The lowest BCUT2D eigenvalue weighted by atomic mass is 9.99. The van der Waals surface area contributed by atoms with Gasteiger partial charge < -0.3 is 30.4 Å². The first-order chi connectivity index (χ1) is 17.0. The lowest BCUT2D eigenvalue weighted by Gasteiger charge is -2.33. The highest BCUT2D eigenvalue weighted by atomic mass is 32.2. The van der Waals surface area contributed by atoms with Crippen LogP contribution in [0.2, 0.25) is 0 Å². The summed E-state index contributed by atoms with van der Waals surface area (Å²) in [6.45, 7) is 1.44. The third kappa shape index (κ3) is 5.32. The minimum Gasteiger partial charge on any atom is -0.495 e. The van der Waals surface area contributed by atoms with Gasteiger partial charge in [0.25, 0.3) is 5.56 Å². The van der Waals surface area contributed by atoms with E-state index in [0.29, 0.717) is 48.1 Å². The Morgan fingerprint density at radius 1 is 1.31 bits per heavy atom. The van der Waals surface area contributed by atoms with Gasteiger partial charge in [-0.05, 0) is 31.0 Å². The van der Waals surface area contributed by atoms with Crippen LogP contribution in [0.15, 0.2) is 46.2 Å². The summed E-state index contributed by atoms with van der Waals surface area (Å²) in [5.74, 6) is 1.62. The molecule has 0 aliphatic carbocycles. The summed E-state index contributed by atoms with van der Waals surface area (Å²) in [6.07, 6.45) is 3.16. The van der Waals surface area contributed by atoms with E-state index in [1.807, 2.05) is 12.1 Å². The molecule has 0 saturated carbocycles. The number of nitrogens with zero attached hydrogens (tertiary/aromatic N) is 3. The number of aromatic nitrogens is 3. The van der Waals surface area contributed by atoms with Crippen molar-refractivity contribution in [2.45, 2.75) is 49.0 Å². The van der Waals surface area contributed by atoms with Crippen LogP contribution in [0.1, 0.15) is 18.5 Å². The molecule has 0 aromatic carbocycles. The van der Waals surface area contributed by atoms with Crippen molar-refractivity contribution in [1.29, 1.82) is 0 Å². The van der Waals surface area contributed by atoms with Crippen molar-refractivity contribution in [2.75, 3.05) is 24.8 Å². The minimum absolute atomic E-state index is 0.0238. The molecule has 0 bridgehead atoms. The second-order valence-electron chi connectivity index (χ2n) is 8.74. The number of anilines is 1. The standard InChI is InChI=1S/C24H28N6O4S/c1-33-16-8-19-18(27-10-16)4-7-23(32)30(19)11-17(25)20-5-2-15(12-34-20)26-9-14-3-6-21-24(28-14)29-22(31)13-35-21/h3-4,6-8,10,15,17,20,26H,2,5,9,11-13,25H2,1H3,(H,28,29,31)/t15-,17+,20+/m1/s1. The molecule has 10 nitrogen and oxygen atoms in total. The topological polar surface area (TPSA) is 133 Å². The summed E-state index contributed by atoms with van der Waals surface area (Å²) in [5.41, 5.74) is 8.62. The third-order valence-corrected chi connectivity index (χ3v) is 7.38. The Labute approximate surface area is 206 Å². The zero-order valence-electron chi connectivity index (χ0n) is 19.4. The number of fused-ring (bicyclic) bond motifs is 2. The molecule has 5 heterocycles. The van der Waals surface area contributed by atoms with Crippen LogP contribution in [-0.4, -0.2) is 58.1 Å². The molecule has 184 valence electrons. The van der Waals surface area contributed by atoms with Crippen LogP contribution in [0.5, 0.6) is 5.75 Å². The first-order valence-corrected chi connectivity index (χ1v) is 12.6. The van der Waals surface area contributed by atoms with E-state index in [1.54, 1.807) is 30.0 Å². The first-order valence-electron chi connectivity index (χ1n) is 11.6. The van der Waals surface area contributed by atoms with Crippen LogP contribution in [-0.2, 0) is 22.6 Å². The lowest BCUT2D eigenvalue weighted by Crippen LogP contribution is -2.48. The maximum Gasteiger partial charge on any atom is 0.251 e. The van der Waals surface area contributed by atoms with Crippen molar-refractivity contribution >= 4 is 34.5 Å². The second kappa shape index (κ2) is 10.3. The number of ether oxygens (including phenoxy) is 2. The number of amides is 1. The molecule has 0 unspecified atom stereocenters. The molecule has 1 fully saturated rings. The fourth-order valence-electron chi connectivity index (χ4n) is 4.40. The number of nitrogens with one attached hydrogen (secondary N) is 2. The molecular formula is C24H28N6O4S. The van der Waals surface area contributed by atoms with Crippen LogP contribution in [0.3, 0.4) is 0 Å². The minimum atomic E-state index is -0.339. The van der Waals surface area contributed by atoms with Crippen molar-refractivity contribution in [3.05, 3.63) is 52.6 Å². The van der Waals surface area contributed by atoms with E-state index in [2.05, 4.69) is 20.6 Å². The number of rotatable bonds is 7. The van der Waals surface area contributed by atoms with Gasteiger partial charge in [-0.15, -0.1) is 11.8 Å². The fraction of sp³-hybridized carbons (Fsp3) is 0.417. The molecule has 35 heavy (non-hydrogen) atoms. The first kappa shape index (κ1) is 23.7. The molecule has 1 saturated heterocycles. The highest BCUT2D eigenvalue weighted by Gasteiger charge is 2.27. The van der Waals surface area contributed by atoms with Crippen molar-refractivity contribution < 1.29 is 14.3 Å². The van der Waals surface area contributed by atoms with Gasteiger partial charge in [0.15, 0.2) is 0 Å². The predicted octanol–water partition coefficient (Wildman–Crippen LogP) is 1.51. The van der Waals surface area contributed by atoms with Gasteiger partial charge in [-0.2, -0.15) is 0 Å². The number of pyridine rings is 3. The molecule has 0 spiro atoms. The molecule has 4 N–H and O–H groups in total. The van der Waals surface area contributed by atoms with E-state index >= 15 is 0 Å². The van der Waals surface area contributed by atoms with E-state index in [1.165, 1.54) is 17.8 Å². The van der Waals surface area contributed by atoms with Gasteiger partial charge in [0.05, 0.1) is 53.4 Å². The highest BCUT2D eigenvalue weighted by Crippen LogP contribution is 2.29. The maximum absolute atomic E-state index is 12.6. The number of carbonyl (C=O) groups is 1. The van der Waals surface area contributed by atoms with Crippen molar-refractivity contribution in [1.82, 2.24) is 19.9 Å². The second-order valence-corrected chi connectivity index (χ2v) is 9.76. The van der Waals surface area contributed by atoms with E-state index in [9.17, 15) is 9.59 Å². The third-order valence-electron chi connectivity index (χ3n) is 6.33. The summed E-state index contributed by atoms with van der Waals surface area (Å²) in [7, 11) is 1.57. The Morgan fingerprint density at radius 3 is 3.00 bits per heavy atom. The van der Waals surface area contributed by atoms with Crippen molar-refractivity contribution in [3.8, 4) is 5.75 Å². The van der Waals surface area contributed by atoms with Crippen molar-refractivity contribution in [2.24, 2.45) is 5.73 Å². The Morgan fingerprint density at radius 2 is 2.20 bits per heavy atom. The Bertz CT molecular complexity index is 1290. The average molecular weight is 497 g/mol. The normalized spacial score (nSPS) is 20.8. The number of nitrogens with two attached hydrogens (primary N) is 1. The molecule has 1 amide bonds. The molecular weight excluding hydrogens is 468 g/mol. The lowest BCUT2D eigenvalue weighted by molar-refractivity contribution is -0.113. The van der Waals surface area contributed by atoms with Crippen LogP contribution in [0.25, 0.3) is 11.0 Å². The summed E-state index contributed by atoms with van der Waals surface area (Å²) >= 11 is 1.50. The number of hydrogen-bond acceptors (Lipinski definition) is 9. The molecule has 5 rings (SSSR count). The molecule has 2 aliphatic rings. The molecule has 3 atom stereocenters. The molecule has 3 aromatic heterocycles. The van der Waals surface area contributed by atoms with Gasteiger partial charge in [0.2, 0.25) is 5.91 Å². The van der Waals surface area contributed by atoms with Crippen LogP contribution in [0.4, 0.5) is 5.82 Å². The largest absolute Gasteiger partial charge is 0.495 e. The number of carbonyl (C=O) groups excluding carboxylic acids is 1. The predicted molar refractivity (Wildman–Crippen MR) is 134 cm³/mol.